The molecule has 5 heteroatoms. The molecule has 0 aliphatic carbocycles. The Morgan fingerprint density at radius 3 is 2.76 bits per heavy atom. The number of hydrogen-bond acceptors (Lipinski definition) is 4. The molecule has 0 fully saturated rings. The number of amides is 1. The fraction of sp³-hybridized carbons (Fsp3) is 0.375. The smallest absolute Gasteiger partial charge is 0.226 e. The van der Waals surface area contributed by atoms with Crippen LogP contribution in [0.5, 0.6) is 0 Å². The molecule has 1 atom stereocenters. The molecular formula is C16H20N2O3. The quantitative estimate of drug-likeness (QED) is 0.853. The Balaban J connectivity index is 1.98. The average Bonchev–Trinajstić information content (AvgIpc) is 2.81. The maximum Gasteiger partial charge on any atom is 0.226 e. The SMILES string of the molecule is Cc1oc(-c2ccccc2)nc1CC(=O)NCCC(C)O. The van der Waals surface area contributed by atoms with Crippen molar-refractivity contribution >= 4 is 5.91 Å². The first-order chi connectivity index (χ1) is 10.1. The lowest BCUT2D eigenvalue weighted by atomic mass is 10.2. The lowest BCUT2D eigenvalue weighted by Crippen LogP contribution is -2.28. The third kappa shape index (κ3) is 4.43. The first-order valence-corrected chi connectivity index (χ1v) is 7.02. The highest BCUT2D eigenvalue weighted by Gasteiger charge is 2.14. The second-order valence-electron chi connectivity index (χ2n) is 5.05. The lowest BCUT2D eigenvalue weighted by Gasteiger charge is -2.05. The molecule has 2 rings (SSSR count). The molecule has 0 radical (unpaired) electrons. The molecule has 1 unspecified atom stereocenters. The van der Waals surface area contributed by atoms with Crippen molar-refractivity contribution in [3.05, 3.63) is 41.8 Å². The molecule has 1 aromatic carbocycles. The molecule has 1 aromatic heterocycles. The van der Waals surface area contributed by atoms with Gasteiger partial charge in [0.2, 0.25) is 11.8 Å². The van der Waals surface area contributed by atoms with Gasteiger partial charge in [-0.05, 0) is 32.4 Å². The van der Waals surface area contributed by atoms with Gasteiger partial charge in [-0.2, -0.15) is 0 Å². The Bertz CT molecular complexity index is 591. The van der Waals surface area contributed by atoms with Gasteiger partial charge >= 0.3 is 0 Å². The zero-order chi connectivity index (χ0) is 15.2. The predicted molar refractivity (Wildman–Crippen MR) is 79.7 cm³/mol. The Kier molecular flexibility index (Phi) is 5.11. The third-order valence-electron chi connectivity index (χ3n) is 3.13. The number of nitrogens with one attached hydrogen (secondary N) is 1. The summed E-state index contributed by atoms with van der Waals surface area (Å²) in [6.07, 6.45) is 0.310. The molecule has 2 aromatic rings. The normalized spacial score (nSPS) is 12.1. The summed E-state index contributed by atoms with van der Waals surface area (Å²) in [5.74, 6) is 1.06. The Morgan fingerprint density at radius 2 is 2.10 bits per heavy atom. The van der Waals surface area contributed by atoms with E-state index in [-0.39, 0.29) is 12.3 Å². The molecule has 21 heavy (non-hydrogen) atoms. The van der Waals surface area contributed by atoms with Crippen LogP contribution in [0.1, 0.15) is 24.8 Å². The van der Waals surface area contributed by atoms with E-state index in [2.05, 4.69) is 10.3 Å². The summed E-state index contributed by atoms with van der Waals surface area (Å²) in [6, 6.07) is 9.58. The van der Waals surface area contributed by atoms with E-state index in [4.69, 9.17) is 9.52 Å². The van der Waals surface area contributed by atoms with Crippen LogP contribution >= 0.6 is 0 Å². The van der Waals surface area contributed by atoms with Crippen molar-refractivity contribution < 1.29 is 14.3 Å². The van der Waals surface area contributed by atoms with E-state index in [1.165, 1.54) is 0 Å². The van der Waals surface area contributed by atoms with Crippen molar-refractivity contribution in [3.63, 3.8) is 0 Å². The standard InChI is InChI=1S/C16H20N2O3/c1-11(19)8-9-17-15(20)10-14-12(2)21-16(18-14)13-6-4-3-5-7-13/h3-7,11,19H,8-10H2,1-2H3,(H,17,20). The molecule has 0 saturated carbocycles. The van der Waals surface area contributed by atoms with Gasteiger partial charge in [-0.1, -0.05) is 18.2 Å². The molecule has 0 aliphatic heterocycles. The van der Waals surface area contributed by atoms with Gasteiger partial charge in [0.15, 0.2) is 0 Å². The van der Waals surface area contributed by atoms with Gasteiger partial charge in [-0.15, -0.1) is 0 Å². The van der Waals surface area contributed by atoms with E-state index in [1.54, 1.807) is 13.8 Å². The summed E-state index contributed by atoms with van der Waals surface area (Å²) in [4.78, 5) is 16.2. The summed E-state index contributed by atoms with van der Waals surface area (Å²) in [5.41, 5.74) is 1.53. The third-order valence-corrected chi connectivity index (χ3v) is 3.13. The minimum absolute atomic E-state index is 0.119. The van der Waals surface area contributed by atoms with Crippen LogP contribution in [0, 0.1) is 6.92 Å². The highest BCUT2D eigenvalue weighted by atomic mass is 16.4. The fourth-order valence-corrected chi connectivity index (χ4v) is 1.93. The van der Waals surface area contributed by atoms with Crippen LogP contribution in [0.25, 0.3) is 11.5 Å². The van der Waals surface area contributed by atoms with Crippen LogP contribution in [-0.4, -0.2) is 28.6 Å². The summed E-state index contributed by atoms with van der Waals surface area (Å²) in [7, 11) is 0. The van der Waals surface area contributed by atoms with Gasteiger partial charge < -0.3 is 14.8 Å². The first-order valence-electron chi connectivity index (χ1n) is 7.02. The number of nitrogens with zero attached hydrogens (tertiary/aromatic N) is 1. The number of aliphatic hydroxyl groups excluding tert-OH is 1. The molecule has 112 valence electrons. The largest absolute Gasteiger partial charge is 0.441 e. The fourth-order valence-electron chi connectivity index (χ4n) is 1.93. The van der Waals surface area contributed by atoms with Crippen LogP contribution in [0.4, 0.5) is 0 Å². The number of aryl methyl sites for hydroxylation is 1. The second kappa shape index (κ2) is 7.04. The maximum absolute atomic E-state index is 11.8. The first kappa shape index (κ1) is 15.3. The minimum Gasteiger partial charge on any atom is -0.441 e. The summed E-state index contributed by atoms with van der Waals surface area (Å²) in [6.45, 7) is 3.96. The molecule has 1 heterocycles. The molecule has 2 N–H and O–H groups in total. The van der Waals surface area contributed by atoms with Crippen molar-refractivity contribution in [2.45, 2.75) is 32.8 Å². The number of aromatic nitrogens is 1. The second-order valence-corrected chi connectivity index (χ2v) is 5.05. The number of rotatable bonds is 6. The highest BCUT2D eigenvalue weighted by Crippen LogP contribution is 2.21. The van der Waals surface area contributed by atoms with Gasteiger partial charge in [0, 0.05) is 12.1 Å². The van der Waals surface area contributed by atoms with E-state index >= 15 is 0 Å². The van der Waals surface area contributed by atoms with Crippen molar-refractivity contribution in [1.82, 2.24) is 10.3 Å². The monoisotopic (exact) mass is 288 g/mol. The van der Waals surface area contributed by atoms with Crippen LogP contribution in [0.3, 0.4) is 0 Å². The zero-order valence-electron chi connectivity index (χ0n) is 12.3. The zero-order valence-corrected chi connectivity index (χ0v) is 12.3. The van der Waals surface area contributed by atoms with Crippen LogP contribution in [0.2, 0.25) is 0 Å². The van der Waals surface area contributed by atoms with Crippen LogP contribution in [0.15, 0.2) is 34.7 Å². The minimum atomic E-state index is -0.413. The van der Waals surface area contributed by atoms with Crippen molar-refractivity contribution in [2.75, 3.05) is 6.54 Å². The maximum atomic E-state index is 11.8. The van der Waals surface area contributed by atoms with Crippen molar-refractivity contribution in [2.24, 2.45) is 0 Å². The van der Waals surface area contributed by atoms with E-state index < -0.39 is 6.10 Å². The number of carbonyl (C=O) groups is 1. The van der Waals surface area contributed by atoms with E-state index in [0.717, 1.165) is 5.56 Å². The van der Waals surface area contributed by atoms with Crippen molar-refractivity contribution in [3.8, 4) is 11.5 Å². The van der Waals surface area contributed by atoms with Gasteiger partial charge in [-0.25, -0.2) is 4.98 Å². The predicted octanol–water partition coefficient (Wildman–Crippen LogP) is 2.08. The van der Waals surface area contributed by atoms with Crippen LogP contribution in [-0.2, 0) is 11.2 Å². The summed E-state index contributed by atoms with van der Waals surface area (Å²) < 4.78 is 5.61. The number of hydrogen-bond donors (Lipinski definition) is 2. The molecule has 0 saturated heterocycles. The van der Waals surface area contributed by atoms with Gasteiger partial charge in [0.05, 0.1) is 18.2 Å². The summed E-state index contributed by atoms with van der Waals surface area (Å²) >= 11 is 0. The molecule has 0 aliphatic rings. The van der Waals surface area contributed by atoms with E-state index in [1.807, 2.05) is 30.3 Å². The van der Waals surface area contributed by atoms with E-state index in [0.29, 0.717) is 30.3 Å². The molecule has 1 amide bonds. The molecule has 0 spiro atoms. The number of carbonyl (C=O) groups excluding carboxylic acids is 1. The van der Waals surface area contributed by atoms with Gasteiger partial charge in [-0.3, -0.25) is 4.79 Å². The summed E-state index contributed by atoms with van der Waals surface area (Å²) in [5, 5.41) is 11.9. The van der Waals surface area contributed by atoms with Crippen LogP contribution < -0.4 is 5.32 Å². The highest BCUT2D eigenvalue weighted by molar-refractivity contribution is 5.78. The number of oxazole rings is 1. The topological polar surface area (TPSA) is 75.4 Å². The number of aliphatic hydroxyl groups is 1. The van der Waals surface area contributed by atoms with Crippen molar-refractivity contribution in [1.29, 1.82) is 0 Å². The van der Waals surface area contributed by atoms with Gasteiger partial charge in [0.1, 0.15) is 5.76 Å². The number of benzene rings is 1. The van der Waals surface area contributed by atoms with Gasteiger partial charge in [0.25, 0.3) is 0 Å². The lowest BCUT2D eigenvalue weighted by molar-refractivity contribution is -0.120. The van der Waals surface area contributed by atoms with E-state index in [9.17, 15) is 4.79 Å². The Morgan fingerprint density at radius 1 is 1.38 bits per heavy atom. The molecule has 0 bridgehead atoms. The molecular weight excluding hydrogens is 268 g/mol. The Hall–Kier alpha value is -2.14. The average molecular weight is 288 g/mol. The Labute approximate surface area is 124 Å². The molecule has 5 nitrogen and oxygen atoms in total.